The molecule has 0 unspecified atom stereocenters. The van der Waals surface area contributed by atoms with Crippen LogP contribution in [0.15, 0.2) is 47.2 Å². The molecule has 0 aliphatic rings. The zero-order valence-corrected chi connectivity index (χ0v) is 10.9. The van der Waals surface area contributed by atoms with Crippen LogP contribution in [0.25, 0.3) is 10.9 Å². The van der Waals surface area contributed by atoms with Gasteiger partial charge in [0, 0.05) is 24.5 Å². The summed E-state index contributed by atoms with van der Waals surface area (Å²) in [6.45, 7) is 5.31. The molecule has 18 heavy (non-hydrogen) atoms. The van der Waals surface area contributed by atoms with Gasteiger partial charge in [-0.05, 0) is 36.9 Å². The largest absolute Gasteiger partial charge is 0.341 e. The number of rotatable bonds is 4. The Bertz CT molecular complexity index is 591. The van der Waals surface area contributed by atoms with E-state index < -0.39 is 0 Å². The molecule has 0 amide bonds. The monoisotopic (exact) mass is 241 g/mol. The van der Waals surface area contributed by atoms with Gasteiger partial charge in [0.15, 0.2) is 0 Å². The molecular weight excluding hydrogens is 222 g/mol. The zero-order chi connectivity index (χ0) is 13.0. The Morgan fingerprint density at radius 2 is 2.17 bits per heavy atom. The fraction of sp³-hybridized carbons (Fsp3) is 0.267. The van der Waals surface area contributed by atoms with Crippen molar-refractivity contribution >= 4 is 17.1 Å². The Hall–Kier alpha value is -1.87. The summed E-state index contributed by atoms with van der Waals surface area (Å²) >= 11 is 0. The Labute approximate surface area is 108 Å². The first-order valence-electron chi connectivity index (χ1n) is 6.20. The van der Waals surface area contributed by atoms with E-state index in [4.69, 9.17) is 5.73 Å². The first-order chi connectivity index (χ1) is 8.78. The molecule has 0 spiro atoms. The van der Waals surface area contributed by atoms with Crippen molar-refractivity contribution in [3.63, 3.8) is 0 Å². The van der Waals surface area contributed by atoms with Crippen LogP contribution >= 0.6 is 0 Å². The van der Waals surface area contributed by atoms with Crippen LogP contribution in [0.5, 0.6) is 0 Å². The molecule has 0 saturated heterocycles. The molecule has 1 aromatic carbocycles. The first-order valence-corrected chi connectivity index (χ1v) is 6.20. The third-order valence-electron chi connectivity index (χ3n) is 3.03. The Morgan fingerprint density at radius 1 is 1.33 bits per heavy atom. The Balaban J connectivity index is 2.39. The molecule has 2 aromatic rings. The molecule has 1 heterocycles. The summed E-state index contributed by atoms with van der Waals surface area (Å²) in [6.07, 6.45) is 5.96. The van der Waals surface area contributed by atoms with Gasteiger partial charge in [-0.25, -0.2) is 0 Å². The van der Waals surface area contributed by atoms with E-state index in [2.05, 4.69) is 40.0 Å². The number of aromatic nitrogens is 1. The van der Waals surface area contributed by atoms with Gasteiger partial charge in [-0.2, -0.15) is 0 Å². The van der Waals surface area contributed by atoms with Gasteiger partial charge >= 0.3 is 0 Å². The highest BCUT2D eigenvalue weighted by Crippen LogP contribution is 2.19. The van der Waals surface area contributed by atoms with Crippen molar-refractivity contribution in [3.8, 4) is 0 Å². The third kappa shape index (κ3) is 2.51. The minimum Gasteiger partial charge on any atom is -0.341 e. The minimum absolute atomic E-state index is 0.574. The molecule has 0 atom stereocenters. The van der Waals surface area contributed by atoms with Crippen molar-refractivity contribution in [2.75, 3.05) is 0 Å². The van der Waals surface area contributed by atoms with E-state index in [1.165, 1.54) is 10.9 Å². The normalized spacial score (nSPS) is 12.7. The smallest absolute Gasteiger partial charge is 0.0645 e. The molecule has 2 rings (SSSR count). The van der Waals surface area contributed by atoms with Gasteiger partial charge in [0.25, 0.3) is 0 Å². The van der Waals surface area contributed by atoms with Crippen LogP contribution in [0.4, 0.5) is 0 Å². The molecule has 3 heteroatoms. The summed E-state index contributed by atoms with van der Waals surface area (Å²) in [5.41, 5.74) is 9.12. The summed E-state index contributed by atoms with van der Waals surface area (Å²) < 4.78 is 2.21. The fourth-order valence-electron chi connectivity index (χ4n) is 2.04. The molecule has 0 saturated carbocycles. The molecule has 0 aliphatic carbocycles. The van der Waals surface area contributed by atoms with Crippen LogP contribution in [0, 0.1) is 0 Å². The second kappa shape index (κ2) is 5.65. The van der Waals surface area contributed by atoms with Crippen LogP contribution < -0.4 is 5.73 Å². The third-order valence-corrected chi connectivity index (χ3v) is 3.03. The van der Waals surface area contributed by atoms with E-state index in [0.717, 1.165) is 17.8 Å². The van der Waals surface area contributed by atoms with Gasteiger partial charge < -0.3 is 10.3 Å². The number of benzene rings is 1. The number of fused-ring (bicyclic) bond motifs is 1. The molecule has 3 nitrogen and oxygen atoms in total. The Morgan fingerprint density at radius 3 is 2.83 bits per heavy atom. The SMILES string of the molecule is C/C=N\C(=C/C)Cn1ccc2ccc(CN)cc21. The minimum atomic E-state index is 0.574. The van der Waals surface area contributed by atoms with E-state index in [0.29, 0.717) is 6.54 Å². The summed E-state index contributed by atoms with van der Waals surface area (Å²) in [4.78, 5) is 4.36. The summed E-state index contributed by atoms with van der Waals surface area (Å²) in [6, 6.07) is 8.47. The highest BCUT2D eigenvalue weighted by molar-refractivity contribution is 5.81. The number of nitrogens with two attached hydrogens (primary N) is 1. The summed E-state index contributed by atoms with van der Waals surface area (Å²) in [5.74, 6) is 0. The maximum absolute atomic E-state index is 5.69. The van der Waals surface area contributed by atoms with Crippen molar-refractivity contribution in [3.05, 3.63) is 47.8 Å². The lowest BCUT2D eigenvalue weighted by molar-refractivity contribution is 0.808. The van der Waals surface area contributed by atoms with Crippen LogP contribution in [0.3, 0.4) is 0 Å². The highest BCUT2D eigenvalue weighted by atomic mass is 15.0. The van der Waals surface area contributed by atoms with Crippen molar-refractivity contribution in [2.45, 2.75) is 26.9 Å². The van der Waals surface area contributed by atoms with Gasteiger partial charge in [-0.1, -0.05) is 18.2 Å². The molecule has 2 N–H and O–H groups in total. The van der Waals surface area contributed by atoms with Crippen LogP contribution in [-0.2, 0) is 13.1 Å². The second-order valence-corrected chi connectivity index (χ2v) is 4.21. The maximum Gasteiger partial charge on any atom is 0.0645 e. The van der Waals surface area contributed by atoms with Crippen LogP contribution in [0.1, 0.15) is 19.4 Å². The zero-order valence-electron chi connectivity index (χ0n) is 10.9. The number of aliphatic imine (C=N–C) groups is 1. The average molecular weight is 241 g/mol. The number of hydrogen-bond donors (Lipinski definition) is 1. The molecule has 0 aliphatic heterocycles. The number of hydrogen-bond acceptors (Lipinski definition) is 2. The standard InChI is InChI=1S/C15H19N3/c1-3-14(17-4-2)11-18-8-7-13-6-5-12(10-16)9-15(13)18/h3-9H,10-11,16H2,1-2H3/b14-3-,17-4-. The van der Waals surface area contributed by atoms with Gasteiger partial charge in [0.1, 0.15) is 0 Å². The van der Waals surface area contributed by atoms with Gasteiger partial charge in [-0.3, -0.25) is 4.99 Å². The highest BCUT2D eigenvalue weighted by Gasteiger charge is 2.03. The number of nitrogens with zero attached hydrogens (tertiary/aromatic N) is 2. The predicted octanol–water partition coefficient (Wildman–Crippen LogP) is 3.09. The first kappa shape index (κ1) is 12.6. The maximum atomic E-state index is 5.69. The average Bonchev–Trinajstić information content (AvgIpc) is 2.80. The van der Waals surface area contributed by atoms with Crippen molar-refractivity contribution in [2.24, 2.45) is 10.7 Å². The molecule has 0 fully saturated rings. The van der Waals surface area contributed by atoms with E-state index in [-0.39, 0.29) is 0 Å². The van der Waals surface area contributed by atoms with Crippen molar-refractivity contribution in [1.82, 2.24) is 4.57 Å². The van der Waals surface area contributed by atoms with E-state index in [1.54, 1.807) is 0 Å². The molecule has 0 radical (unpaired) electrons. The molecular formula is C15H19N3. The quantitative estimate of drug-likeness (QED) is 0.821. The predicted molar refractivity (Wildman–Crippen MR) is 77.8 cm³/mol. The van der Waals surface area contributed by atoms with Crippen LogP contribution in [0.2, 0.25) is 0 Å². The summed E-state index contributed by atoms with van der Waals surface area (Å²) in [7, 11) is 0. The van der Waals surface area contributed by atoms with E-state index in [9.17, 15) is 0 Å². The molecule has 1 aromatic heterocycles. The molecule has 0 bridgehead atoms. The van der Waals surface area contributed by atoms with Crippen molar-refractivity contribution < 1.29 is 0 Å². The number of allylic oxidation sites excluding steroid dienone is 2. The van der Waals surface area contributed by atoms with Gasteiger partial charge in [0.05, 0.1) is 12.2 Å². The van der Waals surface area contributed by atoms with Crippen LogP contribution in [-0.4, -0.2) is 10.8 Å². The van der Waals surface area contributed by atoms with Gasteiger partial charge in [0.2, 0.25) is 0 Å². The van der Waals surface area contributed by atoms with Crippen molar-refractivity contribution in [1.29, 1.82) is 0 Å². The molecule has 94 valence electrons. The van der Waals surface area contributed by atoms with Gasteiger partial charge in [-0.15, -0.1) is 0 Å². The topological polar surface area (TPSA) is 43.3 Å². The lowest BCUT2D eigenvalue weighted by Gasteiger charge is -2.06. The Kier molecular flexibility index (Phi) is 3.95. The fourth-order valence-corrected chi connectivity index (χ4v) is 2.04. The van der Waals surface area contributed by atoms with E-state index >= 15 is 0 Å². The lowest BCUT2D eigenvalue weighted by Crippen LogP contribution is -2.00. The second-order valence-electron chi connectivity index (χ2n) is 4.21. The lowest BCUT2D eigenvalue weighted by atomic mass is 10.1. The summed E-state index contributed by atoms with van der Waals surface area (Å²) in [5, 5.41) is 1.24. The van der Waals surface area contributed by atoms with E-state index in [1.807, 2.05) is 26.1 Å².